The standard InChI is InChI=1S/C24H35FN2O2/c25-22-3-1-2-4-23(22)27-7-5-26(6-8-27)15-21(28)16-29-17-24-12-18-9-19(13-24)11-20(10-18)14-24/h1-4,18-21,28H,5-17H2/t18?,19?,20?,21-,24?/m0/s1. The fourth-order valence-corrected chi connectivity index (χ4v) is 7.11. The number of aliphatic hydroxyl groups is 1. The van der Waals surface area contributed by atoms with Gasteiger partial charge in [-0.05, 0) is 73.8 Å². The van der Waals surface area contributed by atoms with Crippen LogP contribution in [0.15, 0.2) is 24.3 Å². The van der Waals surface area contributed by atoms with Crippen LogP contribution in [0.2, 0.25) is 0 Å². The molecule has 0 aromatic heterocycles. The van der Waals surface area contributed by atoms with Gasteiger partial charge in [-0.1, -0.05) is 12.1 Å². The Morgan fingerprint density at radius 2 is 1.62 bits per heavy atom. The lowest BCUT2D eigenvalue weighted by molar-refractivity contribution is -0.107. The second-order valence-corrected chi connectivity index (χ2v) is 10.3. The molecule has 160 valence electrons. The molecular weight excluding hydrogens is 367 g/mol. The lowest BCUT2D eigenvalue weighted by atomic mass is 9.50. The van der Waals surface area contributed by atoms with E-state index in [0.29, 0.717) is 24.3 Å². The smallest absolute Gasteiger partial charge is 0.146 e. The fraction of sp³-hybridized carbons (Fsp3) is 0.750. The van der Waals surface area contributed by atoms with Crippen molar-refractivity contribution in [3.05, 3.63) is 30.1 Å². The van der Waals surface area contributed by atoms with E-state index in [9.17, 15) is 9.50 Å². The number of hydrogen-bond donors (Lipinski definition) is 1. The number of hydrogen-bond acceptors (Lipinski definition) is 4. The van der Waals surface area contributed by atoms with E-state index in [1.165, 1.54) is 44.6 Å². The number of β-amino-alcohol motifs (C(OH)–C–C–N with tert-alkyl or cyclic N) is 1. The zero-order chi connectivity index (χ0) is 19.8. The summed E-state index contributed by atoms with van der Waals surface area (Å²) >= 11 is 0. The molecule has 5 fully saturated rings. The molecule has 1 atom stereocenters. The number of halogens is 1. The molecule has 6 rings (SSSR count). The first-order valence-corrected chi connectivity index (χ1v) is 11.6. The average Bonchev–Trinajstić information content (AvgIpc) is 2.68. The number of benzene rings is 1. The van der Waals surface area contributed by atoms with Crippen molar-refractivity contribution in [3.8, 4) is 0 Å². The number of ether oxygens (including phenoxy) is 1. The second kappa shape index (κ2) is 8.16. The summed E-state index contributed by atoms with van der Waals surface area (Å²) in [7, 11) is 0. The summed E-state index contributed by atoms with van der Waals surface area (Å²) in [6.07, 6.45) is 8.00. The first-order chi connectivity index (χ1) is 14.1. The van der Waals surface area contributed by atoms with E-state index in [0.717, 1.165) is 50.5 Å². The molecule has 1 aromatic rings. The van der Waals surface area contributed by atoms with Gasteiger partial charge in [-0.15, -0.1) is 0 Å². The van der Waals surface area contributed by atoms with E-state index >= 15 is 0 Å². The molecule has 5 heteroatoms. The molecular formula is C24H35FN2O2. The van der Waals surface area contributed by atoms with Gasteiger partial charge < -0.3 is 14.7 Å². The van der Waals surface area contributed by atoms with Gasteiger partial charge in [-0.3, -0.25) is 4.90 Å². The summed E-state index contributed by atoms with van der Waals surface area (Å²) < 4.78 is 20.1. The van der Waals surface area contributed by atoms with Crippen molar-refractivity contribution in [1.29, 1.82) is 0 Å². The molecule has 0 radical (unpaired) electrons. The quantitative estimate of drug-likeness (QED) is 0.757. The number of rotatable bonds is 7. The first-order valence-electron chi connectivity index (χ1n) is 11.6. The molecule has 1 saturated heterocycles. The highest BCUT2D eigenvalue weighted by Gasteiger charge is 2.50. The molecule has 1 aliphatic heterocycles. The molecule has 0 spiro atoms. The summed E-state index contributed by atoms with van der Waals surface area (Å²) in [6.45, 7) is 5.21. The number of nitrogens with zero attached hydrogens (tertiary/aromatic N) is 2. The Balaban J connectivity index is 1.04. The Bertz CT molecular complexity index is 669. The zero-order valence-electron chi connectivity index (χ0n) is 17.4. The first kappa shape index (κ1) is 19.8. The van der Waals surface area contributed by atoms with Gasteiger partial charge in [0.1, 0.15) is 5.82 Å². The summed E-state index contributed by atoms with van der Waals surface area (Å²) in [4.78, 5) is 4.37. The number of anilines is 1. The van der Waals surface area contributed by atoms with Crippen LogP contribution >= 0.6 is 0 Å². The Hall–Kier alpha value is -1.17. The minimum Gasteiger partial charge on any atom is -0.389 e. The van der Waals surface area contributed by atoms with Gasteiger partial charge in [0.25, 0.3) is 0 Å². The van der Waals surface area contributed by atoms with Crippen LogP contribution in [0.25, 0.3) is 0 Å². The topological polar surface area (TPSA) is 35.9 Å². The van der Waals surface area contributed by atoms with Crippen LogP contribution in [0, 0.1) is 29.0 Å². The zero-order valence-corrected chi connectivity index (χ0v) is 17.4. The van der Waals surface area contributed by atoms with Crippen molar-refractivity contribution >= 4 is 5.69 Å². The van der Waals surface area contributed by atoms with E-state index in [2.05, 4.69) is 9.80 Å². The number of aliphatic hydroxyl groups excluding tert-OH is 1. The van der Waals surface area contributed by atoms with E-state index < -0.39 is 6.10 Å². The summed E-state index contributed by atoms with van der Waals surface area (Å²) in [5.41, 5.74) is 1.10. The third kappa shape index (κ3) is 4.33. The normalized spacial score (nSPS) is 35.2. The van der Waals surface area contributed by atoms with Crippen molar-refractivity contribution in [2.45, 2.75) is 44.6 Å². The van der Waals surface area contributed by atoms with E-state index in [-0.39, 0.29) is 5.82 Å². The third-order valence-electron chi connectivity index (χ3n) is 7.92. The molecule has 0 amide bonds. The van der Waals surface area contributed by atoms with E-state index in [1.807, 2.05) is 12.1 Å². The Morgan fingerprint density at radius 1 is 1.00 bits per heavy atom. The molecule has 4 aliphatic carbocycles. The largest absolute Gasteiger partial charge is 0.389 e. The molecule has 4 saturated carbocycles. The van der Waals surface area contributed by atoms with Crippen molar-refractivity contribution in [2.75, 3.05) is 50.8 Å². The highest BCUT2D eigenvalue weighted by Crippen LogP contribution is 2.60. The summed E-state index contributed by atoms with van der Waals surface area (Å²) in [5, 5.41) is 10.5. The van der Waals surface area contributed by atoms with Crippen molar-refractivity contribution in [3.63, 3.8) is 0 Å². The van der Waals surface area contributed by atoms with Crippen LogP contribution < -0.4 is 4.90 Å². The van der Waals surface area contributed by atoms with Gasteiger partial charge in [0.05, 0.1) is 25.0 Å². The molecule has 29 heavy (non-hydrogen) atoms. The van der Waals surface area contributed by atoms with Crippen molar-refractivity contribution in [1.82, 2.24) is 4.90 Å². The monoisotopic (exact) mass is 402 g/mol. The van der Waals surface area contributed by atoms with E-state index in [4.69, 9.17) is 4.74 Å². The van der Waals surface area contributed by atoms with Crippen LogP contribution in [0.3, 0.4) is 0 Å². The molecule has 1 aromatic carbocycles. The number of piperazine rings is 1. The van der Waals surface area contributed by atoms with Crippen LogP contribution in [-0.4, -0.2) is 62.0 Å². The minimum atomic E-state index is -0.441. The van der Waals surface area contributed by atoms with Gasteiger partial charge >= 0.3 is 0 Å². The highest BCUT2D eigenvalue weighted by atomic mass is 19.1. The SMILES string of the molecule is O[C@H](COCC12CC3CC(CC(C3)C1)C2)CN1CCN(c2ccccc2F)CC1. The fourth-order valence-electron chi connectivity index (χ4n) is 7.11. The lowest BCUT2D eigenvalue weighted by Crippen LogP contribution is -2.50. The molecule has 1 N–H and O–H groups in total. The van der Waals surface area contributed by atoms with Gasteiger partial charge in [0, 0.05) is 32.7 Å². The Labute approximate surface area is 174 Å². The van der Waals surface area contributed by atoms with Crippen LogP contribution in [0.1, 0.15) is 38.5 Å². The van der Waals surface area contributed by atoms with Crippen LogP contribution in [0.4, 0.5) is 10.1 Å². The van der Waals surface area contributed by atoms with Gasteiger partial charge in [0.2, 0.25) is 0 Å². The highest BCUT2D eigenvalue weighted by molar-refractivity contribution is 5.47. The van der Waals surface area contributed by atoms with Gasteiger partial charge in [-0.25, -0.2) is 4.39 Å². The van der Waals surface area contributed by atoms with Crippen molar-refractivity contribution in [2.24, 2.45) is 23.2 Å². The summed E-state index contributed by atoms with van der Waals surface area (Å²) in [5.74, 6) is 2.68. The molecule has 1 heterocycles. The van der Waals surface area contributed by atoms with Crippen LogP contribution in [-0.2, 0) is 4.74 Å². The van der Waals surface area contributed by atoms with Gasteiger partial charge in [-0.2, -0.15) is 0 Å². The maximum absolute atomic E-state index is 14.0. The Morgan fingerprint density at radius 3 is 2.24 bits per heavy atom. The van der Waals surface area contributed by atoms with E-state index in [1.54, 1.807) is 6.07 Å². The minimum absolute atomic E-state index is 0.154. The third-order valence-corrected chi connectivity index (χ3v) is 7.92. The predicted octanol–water partition coefficient (Wildman–Crippen LogP) is 3.54. The summed E-state index contributed by atoms with van der Waals surface area (Å²) in [6, 6.07) is 6.98. The predicted molar refractivity (Wildman–Crippen MR) is 112 cm³/mol. The average molecular weight is 403 g/mol. The maximum Gasteiger partial charge on any atom is 0.146 e. The lowest BCUT2D eigenvalue weighted by Gasteiger charge is -2.56. The number of para-hydroxylation sites is 1. The Kier molecular flexibility index (Phi) is 5.57. The van der Waals surface area contributed by atoms with Crippen molar-refractivity contribution < 1.29 is 14.2 Å². The molecule has 0 unspecified atom stereocenters. The maximum atomic E-state index is 14.0. The molecule has 5 aliphatic rings. The second-order valence-electron chi connectivity index (χ2n) is 10.3. The van der Waals surface area contributed by atoms with Crippen LogP contribution in [0.5, 0.6) is 0 Å². The molecule has 4 nitrogen and oxygen atoms in total. The molecule has 4 bridgehead atoms. The van der Waals surface area contributed by atoms with Gasteiger partial charge in [0.15, 0.2) is 0 Å².